The Labute approximate surface area is 129 Å². The highest BCUT2D eigenvalue weighted by Crippen LogP contribution is 2.24. The van der Waals surface area contributed by atoms with Crippen LogP contribution in [0.15, 0.2) is 27.6 Å². The summed E-state index contributed by atoms with van der Waals surface area (Å²) in [5, 5.41) is 19.8. The molecule has 0 aliphatic rings. The minimum atomic E-state index is -4.19. The van der Waals surface area contributed by atoms with Crippen LogP contribution in [0.4, 0.5) is 5.69 Å². The van der Waals surface area contributed by atoms with Crippen LogP contribution in [0.25, 0.3) is 0 Å². The molecule has 1 atom stereocenters. The van der Waals surface area contributed by atoms with Gasteiger partial charge in [-0.2, -0.15) is 4.72 Å². The van der Waals surface area contributed by atoms with Gasteiger partial charge < -0.3 is 5.11 Å². The summed E-state index contributed by atoms with van der Waals surface area (Å²) in [5.41, 5.74) is -0.416. The summed E-state index contributed by atoms with van der Waals surface area (Å²) < 4.78 is 26.6. The number of carboxylic acids is 1. The molecular weight excluding hydrogens is 368 g/mol. The summed E-state index contributed by atoms with van der Waals surface area (Å²) in [5.74, 6) is -1.81. The molecule has 0 aromatic heterocycles. The van der Waals surface area contributed by atoms with E-state index in [1.807, 2.05) is 4.72 Å². The molecule has 0 radical (unpaired) electrons. The lowest BCUT2D eigenvalue weighted by Crippen LogP contribution is -2.44. The van der Waals surface area contributed by atoms with Crippen molar-refractivity contribution in [2.75, 3.05) is 0 Å². The fourth-order valence-electron chi connectivity index (χ4n) is 1.52. The highest BCUT2D eigenvalue weighted by atomic mass is 79.9. The molecule has 21 heavy (non-hydrogen) atoms. The highest BCUT2D eigenvalue weighted by molar-refractivity contribution is 9.10. The summed E-state index contributed by atoms with van der Waals surface area (Å²) in [7, 11) is -4.19. The number of rotatable bonds is 6. The molecule has 116 valence electrons. The van der Waals surface area contributed by atoms with Gasteiger partial charge in [-0.15, -0.1) is 0 Å². The van der Waals surface area contributed by atoms with Crippen molar-refractivity contribution in [1.29, 1.82) is 0 Å². The van der Waals surface area contributed by atoms with E-state index in [4.69, 9.17) is 5.11 Å². The molecule has 0 aliphatic heterocycles. The summed E-state index contributed by atoms with van der Waals surface area (Å²) >= 11 is 2.98. The van der Waals surface area contributed by atoms with Crippen molar-refractivity contribution in [2.45, 2.75) is 24.8 Å². The average molecular weight is 381 g/mol. The van der Waals surface area contributed by atoms with E-state index in [1.165, 1.54) is 0 Å². The van der Waals surface area contributed by atoms with Crippen LogP contribution in [0.5, 0.6) is 0 Å². The molecule has 1 rings (SSSR count). The van der Waals surface area contributed by atoms with E-state index in [9.17, 15) is 23.3 Å². The molecule has 0 saturated carbocycles. The second-order valence-corrected chi connectivity index (χ2v) is 7.21. The number of hydrogen-bond donors (Lipinski definition) is 2. The number of aliphatic carboxylic acids is 1. The van der Waals surface area contributed by atoms with Gasteiger partial charge >= 0.3 is 5.97 Å². The largest absolute Gasteiger partial charge is 0.480 e. The van der Waals surface area contributed by atoms with Crippen LogP contribution >= 0.6 is 15.9 Å². The quantitative estimate of drug-likeness (QED) is 0.571. The number of carbonyl (C=O) groups is 1. The monoisotopic (exact) mass is 380 g/mol. The van der Waals surface area contributed by atoms with Crippen LogP contribution in [0.3, 0.4) is 0 Å². The predicted molar refractivity (Wildman–Crippen MR) is 77.4 cm³/mol. The van der Waals surface area contributed by atoms with Crippen LogP contribution in [-0.2, 0) is 14.8 Å². The first-order valence-electron chi connectivity index (χ1n) is 5.74. The number of carboxylic acid groups (broad SMARTS) is 1. The van der Waals surface area contributed by atoms with Crippen molar-refractivity contribution >= 4 is 37.6 Å². The molecule has 10 heteroatoms. The Morgan fingerprint density at radius 1 is 1.38 bits per heavy atom. The summed E-state index contributed by atoms with van der Waals surface area (Å²) in [4.78, 5) is 20.7. The lowest BCUT2D eigenvalue weighted by molar-refractivity contribution is -0.385. The van der Waals surface area contributed by atoms with E-state index in [0.29, 0.717) is 0 Å². The molecular formula is C11H13BrN2O6S. The van der Waals surface area contributed by atoms with E-state index >= 15 is 0 Å². The highest BCUT2D eigenvalue weighted by Gasteiger charge is 2.29. The van der Waals surface area contributed by atoms with Gasteiger partial charge in [0.15, 0.2) is 0 Å². The fraction of sp³-hybridized carbons (Fsp3) is 0.364. The molecule has 0 spiro atoms. The third-order valence-electron chi connectivity index (χ3n) is 2.59. The van der Waals surface area contributed by atoms with Gasteiger partial charge in [0.25, 0.3) is 5.69 Å². The molecule has 0 heterocycles. The zero-order valence-corrected chi connectivity index (χ0v) is 13.5. The number of non-ortho nitro benzene ring substituents is 1. The van der Waals surface area contributed by atoms with Crippen molar-refractivity contribution in [3.05, 3.63) is 32.8 Å². The van der Waals surface area contributed by atoms with E-state index in [0.717, 1.165) is 18.2 Å². The Morgan fingerprint density at radius 2 is 1.95 bits per heavy atom. The van der Waals surface area contributed by atoms with Crippen molar-refractivity contribution in [1.82, 2.24) is 4.72 Å². The van der Waals surface area contributed by atoms with E-state index in [1.54, 1.807) is 13.8 Å². The van der Waals surface area contributed by atoms with Crippen LogP contribution in [-0.4, -0.2) is 30.5 Å². The molecule has 0 bridgehead atoms. The van der Waals surface area contributed by atoms with Crippen LogP contribution in [0, 0.1) is 16.0 Å². The van der Waals surface area contributed by atoms with Gasteiger partial charge in [-0.05, 0) is 12.0 Å². The Bertz CT molecular complexity index is 673. The molecule has 1 aromatic carbocycles. The van der Waals surface area contributed by atoms with Crippen LogP contribution in [0.2, 0.25) is 0 Å². The molecule has 2 N–H and O–H groups in total. The van der Waals surface area contributed by atoms with Crippen LogP contribution in [0.1, 0.15) is 13.8 Å². The maximum atomic E-state index is 12.2. The molecule has 0 saturated heterocycles. The number of nitro groups is 1. The third-order valence-corrected chi connectivity index (χ3v) is 4.47. The lowest BCUT2D eigenvalue weighted by atomic mass is 10.1. The van der Waals surface area contributed by atoms with E-state index in [2.05, 4.69) is 15.9 Å². The first kappa shape index (κ1) is 17.5. The van der Waals surface area contributed by atoms with Gasteiger partial charge in [0.05, 0.1) is 9.82 Å². The van der Waals surface area contributed by atoms with Crippen molar-refractivity contribution in [3.8, 4) is 0 Å². The van der Waals surface area contributed by atoms with Crippen molar-refractivity contribution in [2.24, 2.45) is 5.92 Å². The predicted octanol–water partition coefficient (Wildman–Crippen LogP) is 1.74. The SMILES string of the molecule is CC(C)C(NS(=O)(=O)c1cc(Br)cc([N+](=O)[O-])c1)C(=O)O. The van der Waals surface area contributed by atoms with Gasteiger partial charge in [0, 0.05) is 16.6 Å². The number of nitrogens with one attached hydrogen (secondary N) is 1. The third kappa shape index (κ3) is 4.48. The molecule has 0 fully saturated rings. The molecule has 0 aliphatic carbocycles. The number of hydrogen-bond acceptors (Lipinski definition) is 5. The maximum Gasteiger partial charge on any atom is 0.322 e. The molecule has 1 aromatic rings. The Hall–Kier alpha value is -1.52. The molecule has 1 unspecified atom stereocenters. The van der Waals surface area contributed by atoms with Gasteiger partial charge in [-0.3, -0.25) is 14.9 Å². The summed E-state index contributed by atoms with van der Waals surface area (Å²) in [6.07, 6.45) is 0. The first-order chi connectivity index (χ1) is 9.54. The van der Waals surface area contributed by atoms with Gasteiger partial charge in [-0.1, -0.05) is 29.8 Å². The van der Waals surface area contributed by atoms with Gasteiger partial charge in [0.2, 0.25) is 10.0 Å². The number of nitro benzene ring substituents is 1. The van der Waals surface area contributed by atoms with Gasteiger partial charge in [0.1, 0.15) is 6.04 Å². The van der Waals surface area contributed by atoms with Crippen molar-refractivity contribution in [3.63, 3.8) is 0 Å². The fourth-order valence-corrected chi connectivity index (χ4v) is 3.55. The van der Waals surface area contributed by atoms with Crippen LogP contribution < -0.4 is 4.72 Å². The second kappa shape index (κ2) is 6.50. The smallest absolute Gasteiger partial charge is 0.322 e. The van der Waals surface area contributed by atoms with E-state index in [-0.39, 0.29) is 9.37 Å². The maximum absolute atomic E-state index is 12.2. The zero-order valence-electron chi connectivity index (χ0n) is 11.1. The van der Waals surface area contributed by atoms with E-state index < -0.39 is 38.6 Å². The normalized spacial score (nSPS) is 13.1. The Morgan fingerprint density at radius 3 is 2.38 bits per heavy atom. The second-order valence-electron chi connectivity index (χ2n) is 4.58. The average Bonchev–Trinajstić information content (AvgIpc) is 2.34. The molecule has 0 amide bonds. The van der Waals surface area contributed by atoms with Gasteiger partial charge in [-0.25, -0.2) is 8.42 Å². The van der Waals surface area contributed by atoms with Crippen molar-refractivity contribution < 1.29 is 23.2 Å². The number of nitrogens with zero attached hydrogens (tertiary/aromatic N) is 1. The minimum absolute atomic E-state index is 0.202. The minimum Gasteiger partial charge on any atom is -0.480 e. The zero-order chi connectivity index (χ0) is 16.4. The first-order valence-corrected chi connectivity index (χ1v) is 8.02. The number of benzene rings is 1. The number of halogens is 1. The topological polar surface area (TPSA) is 127 Å². The Balaban J connectivity index is 3.25. The Kier molecular flexibility index (Phi) is 5.42. The lowest BCUT2D eigenvalue weighted by Gasteiger charge is -2.18. The summed E-state index contributed by atoms with van der Waals surface area (Å²) in [6, 6.07) is 1.85. The standard InChI is InChI=1S/C11H13BrN2O6S/c1-6(2)10(11(15)16)13-21(19,20)9-4-7(12)3-8(5-9)14(17)18/h3-6,10,13H,1-2H3,(H,15,16). The summed E-state index contributed by atoms with van der Waals surface area (Å²) in [6.45, 7) is 3.09. The molecule has 8 nitrogen and oxygen atoms in total. The number of sulfonamides is 1.